The lowest BCUT2D eigenvalue weighted by atomic mass is 10.1. The van der Waals surface area contributed by atoms with Crippen LogP contribution in [0.2, 0.25) is 5.02 Å². The molecule has 0 unspecified atom stereocenters. The molecule has 1 aromatic heterocycles. The number of carbonyl (C=O) groups is 2. The Morgan fingerprint density at radius 2 is 1.79 bits per heavy atom. The minimum Gasteiger partial charge on any atom is -0.444 e. The Balaban J connectivity index is 1.45. The molecule has 0 spiro atoms. The van der Waals surface area contributed by atoms with Crippen molar-refractivity contribution >= 4 is 45.0 Å². The van der Waals surface area contributed by atoms with Gasteiger partial charge < -0.3 is 15.1 Å². The van der Waals surface area contributed by atoms with Gasteiger partial charge in [0.05, 0.1) is 6.42 Å². The summed E-state index contributed by atoms with van der Waals surface area (Å²) < 4.78 is 5.71. The van der Waals surface area contributed by atoms with E-state index in [1.54, 1.807) is 24.3 Å². The van der Waals surface area contributed by atoms with Crippen LogP contribution in [0.5, 0.6) is 0 Å². The molecule has 7 heteroatoms. The maximum atomic E-state index is 12.1. The van der Waals surface area contributed by atoms with Crippen molar-refractivity contribution in [2.24, 2.45) is 0 Å². The van der Waals surface area contributed by atoms with Crippen molar-refractivity contribution in [1.29, 1.82) is 0 Å². The third-order valence-electron chi connectivity index (χ3n) is 4.00. The van der Waals surface area contributed by atoms with Crippen LogP contribution in [0.3, 0.4) is 0 Å². The minimum absolute atomic E-state index is 0.0563. The van der Waals surface area contributed by atoms with Gasteiger partial charge >= 0.3 is 0 Å². The summed E-state index contributed by atoms with van der Waals surface area (Å²) in [6.07, 6.45) is 0.995. The van der Waals surface area contributed by atoms with Crippen LogP contribution in [0.4, 0.5) is 5.69 Å². The van der Waals surface area contributed by atoms with Gasteiger partial charge in [-0.2, -0.15) is 0 Å². The number of benzene rings is 2. The molecule has 0 saturated carbocycles. The van der Waals surface area contributed by atoms with Gasteiger partial charge in [-0.15, -0.1) is 0 Å². The Bertz CT molecular complexity index is 970. The number of anilines is 1. The van der Waals surface area contributed by atoms with Gasteiger partial charge in [-0.1, -0.05) is 35.9 Å². The average molecular weight is 462 g/mol. The summed E-state index contributed by atoms with van der Waals surface area (Å²) in [4.78, 5) is 24.1. The molecule has 0 bridgehead atoms. The fourth-order valence-corrected chi connectivity index (χ4v) is 3.14. The zero-order chi connectivity index (χ0) is 19.9. The van der Waals surface area contributed by atoms with Crippen LogP contribution in [0.15, 0.2) is 69.8 Å². The molecule has 0 atom stereocenters. The number of amides is 2. The van der Waals surface area contributed by atoms with E-state index in [1.807, 2.05) is 36.4 Å². The summed E-state index contributed by atoms with van der Waals surface area (Å²) in [5.74, 6) is -0.175. The van der Waals surface area contributed by atoms with Crippen molar-refractivity contribution in [1.82, 2.24) is 5.32 Å². The average Bonchev–Trinajstić information content (AvgIpc) is 3.10. The van der Waals surface area contributed by atoms with Crippen molar-refractivity contribution in [3.63, 3.8) is 0 Å². The quantitative estimate of drug-likeness (QED) is 0.528. The predicted molar refractivity (Wildman–Crippen MR) is 113 cm³/mol. The van der Waals surface area contributed by atoms with Gasteiger partial charge in [0, 0.05) is 17.3 Å². The monoisotopic (exact) mass is 460 g/mol. The van der Waals surface area contributed by atoms with Crippen LogP contribution in [0.1, 0.15) is 21.7 Å². The van der Waals surface area contributed by atoms with Crippen molar-refractivity contribution in [2.45, 2.75) is 12.8 Å². The maximum Gasteiger partial charge on any atom is 0.291 e. The Morgan fingerprint density at radius 3 is 2.46 bits per heavy atom. The van der Waals surface area contributed by atoms with Crippen LogP contribution in [-0.4, -0.2) is 18.4 Å². The number of carbonyl (C=O) groups excluding carboxylic acids is 2. The van der Waals surface area contributed by atoms with Crippen LogP contribution in [-0.2, 0) is 17.6 Å². The Kier molecular flexibility index (Phi) is 6.90. The van der Waals surface area contributed by atoms with Crippen LogP contribution in [0.25, 0.3) is 0 Å². The van der Waals surface area contributed by atoms with E-state index in [4.69, 9.17) is 16.0 Å². The van der Waals surface area contributed by atoms with Crippen molar-refractivity contribution in [3.8, 4) is 0 Å². The van der Waals surface area contributed by atoms with Gasteiger partial charge in [-0.3, -0.25) is 9.59 Å². The summed E-state index contributed by atoms with van der Waals surface area (Å²) in [7, 11) is 0. The molecule has 0 aliphatic rings. The molecule has 0 fully saturated rings. The molecular weight excluding hydrogens is 444 g/mol. The van der Waals surface area contributed by atoms with Crippen LogP contribution >= 0.6 is 27.5 Å². The molecule has 2 N–H and O–H groups in total. The number of hydrogen-bond acceptors (Lipinski definition) is 3. The van der Waals surface area contributed by atoms with Gasteiger partial charge in [-0.05, 0) is 69.9 Å². The number of hydrogen-bond donors (Lipinski definition) is 2. The summed E-state index contributed by atoms with van der Waals surface area (Å²) >= 11 is 9.11. The Morgan fingerprint density at radius 1 is 1.00 bits per heavy atom. The highest BCUT2D eigenvalue weighted by Gasteiger charge is 2.11. The first-order valence-electron chi connectivity index (χ1n) is 8.66. The summed E-state index contributed by atoms with van der Waals surface area (Å²) in [6, 6.07) is 18.0. The normalized spacial score (nSPS) is 10.5. The van der Waals surface area contributed by atoms with E-state index in [2.05, 4.69) is 26.6 Å². The molecule has 1 heterocycles. The molecule has 28 heavy (non-hydrogen) atoms. The Hall–Kier alpha value is -2.57. The van der Waals surface area contributed by atoms with E-state index >= 15 is 0 Å². The molecule has 3 rings (SSSR count). The highest BCUT2D eigenvalue weighted by Crippen LogP contribution is 2.17. The van der Waals surface area contributed by atoms with Crippen LogP contribution in [0, 0.1) is 0 Å². The smallest absolute Gasteiger partial charge is 0.291 e. The molecule has 0 aliphatic heterocycles. The lowest BCUT2D eigenvalue weighted by molar-refractivity contribution is -0.120. The van der Waals surface area contributed by atoms with Gasteiger partial charge in [0.1, 0.15) is 0 Å². The lowest BCUT2D eigenvalue weighted by Gasteiger charge is -2.07. The largest absolute Gasteiger partial charge is 0.444 e. The highest BCUT2D eigenvalue weighted by molar-refractivity contribution is 9.10. The first-order valence-corrected chi connectivity index (χ1v) is 9.83. The van der Waals surface area contributed by atoms with E-state index < -0.39 is 0 Å². The molecule has 2 amide bonds. The maximum absolute atomic E-state index is 12.1. The molecule has 3 aromatic rings. The molecule has 0 saturated heterocycles. The molecule has 5 nitrogen and oxygen atoms in total. The number of rotatable bonds is 7. The second-order valence-electron chi connectivity index (χ2n) is 6.16. The zero-order valence-corrected chi connectivity index (χ0v) is 17.2. The number of nitrogens with one attached hydrogen (secondary N) is 2. The van der Waals surface area contributed by atoms with E-state index in [0.29, 0.717) is 21.9 Å². The molecule has 0 radical (unpaired) electrons. The second kappa shape index (κ2) is 9.57. The van der Waals surface area contributed by atoms with Gasteiger partial charge in [0.2, 0.25) is 5.91 Å². The van der Waals surface area contributed by atoms with Gasteiger partial charge in [-0.25, -0.2) is 0 Å². The lowest BCUT2D eigenvalue weighted by Crippen LogP contribution is -2.27. The van der Waals surface area contributed by atoms with Gasteiger partial charge in [0.25, 0.3) is 5.91 Å². The third kappa shape index (κ3) is 5.97. The molecule has 144 valence electrons. The van der Waals surface area contributed by atoms with Gasteiger partial charge in [0.15, 0.2) is 10.4 Å². The summed E-state index contributed by atoms with van der Waals surface area (Å²) in [6.45, 7) is 0.548. The Labute approximate surface area is 176 Å². The third-order valence-corrected chi connectivity index (χ3v) is 4.66. The first-order chi connectivity index (χ1) is 13.5. The SMILES string of the molecule is O=C(Cc1ccc(NC(=O)c2ccc(Br)o2)cc1)NCCc1cccc(Cl)c1. The van der Waals surface area contributed by atoms with Crippen molar-refractivity contribution in [3.05, 3.63) is 87.2 Å². The number of furan rings is 1. The first kappa shape index (κ1) is 20.2. The van der Waals surface area contributed by atoms with E-state index in [-0.39, 0.29) is 24.0 Å². The standard InChI is InChI=1S/C21H18BrClN2O3/c22-19-9-8-18(28-19)21(27)25-17-6-4-15(5-7-17)13-20(26)24-11-10-14-2-1-3-16(23)12-14/h1-9,12H,10-11,13H2,(H,24,26)(H,25,27). The fourth-order valence-electron chi connectivity index (χ4n) is 2.62. The summed E-state index contributed by atoms with van der Waals surface area (Å²) in [5.41, 5.74) is 2.57. The molecule has 0 aliphatic carbocycles. The topological polar surface area (TPSA) is 71.3 Å². The zero-order valence-electron chi connectivity index (χ0n) is 14.9. The predicted octanol–water partition coefficient (Wildman–Crippen LogP) is 4.85. The van der Waals surface area contributed by atoms with E-state index in [0.717, 1.165) is 17.5 Å². The van der Waals surface area contributed by atoms with E-state index in [1.165, 1.54) is 0 Å². The number of halogens is 2. The highest BCUT2D eigenvalue weighted by atomic mass is 79.9. The van der Waals surface area contributed by atoms with Crippen molar-refractivity contribution in [2.75, 3.05) is 11.9 Å². The summed E-state index contributed by atoms with van der Waals surface area (Å²) in [5, 5.41) is 6.34. The van der Waals surface area contributed by atoms with Crippen molar-refractivity contribution < 1.29 is 14.0 Å². The van der Waals surface area contributed by atoms with E-state index in [9.17, 15) is 9.59 Å². The minimum atomic E-state index is -0.336. The molecular formula is C21H18BrClN2O3. The molecule has 2 aromatic carbocycles. The second-order valence-corrected chi connectivity index (χ2v) is 7.38. The van der Waals surface area contributed by atoms with Crippen LogP contribution < -0.4 is 10.6 Å². The fraction of sp³-hybridized carbons (Fsp3) is 0.143.